The molecule has 2 rings (SSSR count). The molecule has 1 atom stereocenters. The lowest BCUT2D eigenvalue weighted by Crippen LogP contribution is -2.20. The molecule has 0 N–H and O–H groups in total. The molecule has 0 aliphatic heterocycles. The molecule has 0 fully saturated rings. The molecular formula is C20H29N. The minimum absolute atomic E-state index is 0.518. The fourth-order valence-electron chi connectivity index (χ4n) is 2.54. The van der Waals surface area contributed by atoms with Crippen molar-refractivity contribution in [2.45, 2.75) is 39.2 Å². The Kier molecular flexibility index (Phi) is 8.45. The Morgan fingerprint density at radius 3 is 1.86 bits per heavy atom. The molecule has 1 heteroatoms. The van der Waals surface area contributed by atoms with Crippen LogP contribution in [0.1, 0.15) is 43.9 Å². The van der Waals surface area contributed by atoms with Crippen LogP contribution >= 0.6 is 0 Å². The molecule has 0 saturated carbocycles. The summed E-state index contributed by atoms with van der Waals surface area (Å²) in [6.07, 6.45) is 3.59. The van der Waals surface area contributed by atoms with Crippen molar-refractivity contribution in [3.05, 3.63) is 71.8 Å². The van der Waals surface area contributed by atoms with Gasteiger partial charge in [0, 0.05) is 6.04 Å². The minimum Gasteiger partial charge on any atom is -0.302 e. The quantitative estimate of drug-likeness (QED) is 0.692. The maximum Gasteiger partial charge on any atom is 0.0342 e. The molecule has 0 aliphatic rings. The summed E-state index contributed by atoms with van der Waals surface area (Å²) >= 11 is 0. The molecule has 0 saturated heterocycles. The molecular weight excluding hydrogens is 254 g/mol. The first-order chi connectivity index (χ1) is 10.3. The van der Waals surface area contributed by atoms with Crippen molar-refractivity contribution in [1.82, 2.24) is 4.90 Å². The topological polar surface area (TPSA) is 3.24 Å². The van der Waals surface area contributed by atoms with E-state index >= 15 is 0 Å². The summed E-state index contributed by atoms with van der Waals surface area (Å²) in [5, 5.41) is 0. The highest BCUT2D eigenvalue weighted by Crippen LogP contribution is 2.24. The lowest BCUT2D eigenvalue weighted by molar-refractivity contribution is 0.279. The van der Waals surface area contributed by atoms with Crippen LogP contribution in [0.3, 0.4) is 0 Å². The Labute approximate surface area is 130 Å². The second-order valence-corrected chi connectivity index (χ2v) is 5.27. The highest BCUT2D eigenvalue weighted by molar-refractivity contribution is 5.19. The highest BCUT2D eigenvalue weighted by Gasteiger charge is 2.12. The number of aryl methyl sites for hydroxylation is 1. The Bertz CT molecular complexity index is 462. The molecule has 0 amide bonds. The minimum atomic E-state index is 0.518. The van der Waals surface area contributed by atoms with E-state index in [0.29, 0.717) is 6.04 Å². The third kappa shape index (κ3) is 6.14. The van der Waals surface area contributed by atoms with E-state index in [2.05, 4.69) is 79.7 Å². The standard InChI is InChI=1S/C18H23N.C2H6/c1-19(2)18(17-13-7-4-8-14-17)15-9-12-16-10-5-3-6-11-16;1-2/h3-8,10-11,13-14,18H,9,12,15H2,1-2H3;1-2H3. The van der Waals surface area contributed by atoms with E-state index < -0.39 is 0 Å². The number of rotatable bonds is 6. The van der Waals surface area contributed by atoms with Crippen LogP contribution in [-0.2, 0) is 6.42 Å². The lowest BCUT2D eigenvalue weighted by atomic mass is 9.98. The zero-order valence-electron chi connectivity index (χ0n) is 13.9. The van der Waals surface area contributed by atoms with Gasteiger partial charge in [-0.1, -0.05) is 74.5 Å². The van der Waals surface area contributed by atoms with Gasteiger partial charge in [-0.25, -0.2) is 0 Å². The van der Waals surface area contributed by atoms with Crippen LogP contribution in [0, 0.1) is 0 Å². The van der Waals surface area contributed by atoms with Gasteiger partial charge in [-0.15, -0.1) is 0 Å². The zero-order chi connectivity index (χ0) is 15.5. The summed E-state index contributed by atoms with van der Waals surface area (Å²) in [6.45, 7) is 4.00. The van der Waals surface area contributed by atoms with Crippen molar-refractivity contribution < 1.29 is 0 Å². The van der Waals surface area contributed by atoms with E-state index in [9.17, 15) is 0 Å². The molecule has 0 heterocycles. The summed E-state index contributed by atoms with van der Waals surface area (Å²) in [5.74, 6) is 0. The molecule has 2 aromatic rings. The molecule has 21 heavy (non-hydrogen) atoms. The molecule has 2 aromatic carbocycles. The van der Waals surface area contributed by atoms with Gasteiger partial charge >= 0.3 is 0 Å². The fourth-order valence-corrected chi connectivity index (χ4v) is 2.54. The number of hydrogen-bond acceptors (Lipinski definition) is 1. The second kappa shape index (κ2) is 10.2. The van der Waals surface area contributed by atoms with Gasteiger partial charge in [-0.2, -0.15) is 0 Å². The smallest absolute Gasteiger partial charge is 0.0342 e. The first kappa shape index (κ1) is 17.5. The molecule has 0 radical (unpaired) electrons. The zero-order valence-corrected chi connectivity index (χ0v) is 13.9. The molecule has 0 aromatic heterocycles. The molecule has 114 valence electrons. The monoisotopic (exact) mass is 283 g/mol. The van der Waals surface area contributed by atoms with Gasteiger partial charge < -0.3 is 4.90 Å². The number of nitrogens with zero attached hydrogens (tertiary/aromatic N) is 1. The van der Waals surface area contributed by atoms with Gasteiger partial charge in [0.1, 0.15) is 0 Å². The van der Waals surface area contributed by atoms with Crippen molar-refractivity contribution in [1.29, 1.82) is 0 Å². The predicted molar refractivity (Wildman–Crippen MR) is 93.6 cm³/mol. The Balaban J connectivity index is 0.00000106. The SMILES string of the molecule is CC.CN(C)C(CCCc1ccccc1)c1ccccc1. The van der Waals surface area contributed by atoms with Gasteiger partial charge in [-0.3, -0.25) is 0 Å². The van der Waals surface area contributed by atoms with E-state index in [-0.39, 0.29) is 0 Å². The third-order valence-corrected chi connectivity index (χ3v) is 3.59. The number of hydrogen-bond donors (Lipinski definition) is 0. The van der Waals surface area contributed by atoms with E-state index in [4.69, 9.17) is 0 Å². The molecule has 0 spiro atoms. The van der Waals surface area contributed by atoms with Crippen LogP contribution in [0.4, 0.5) is 0 Å². The maximum absolute atomic E-state index is 2.32. The van der Waals surface area contributed by atoms with E-state index in [1.54, 1.807) is 0 Å². The molecule has 0 aliphatic carbocycles. The summed E-state index contributed by atoms with van der Waals surface area (Å²) in [7, 11) is 4.33. The summed E-state index contributed by atoms with van der Waals surface area (Å²) in [4.78, 5) is 2.32. The second-order valence-electron chi connectivity index (χ2n) is 5.27. The summed E-state index contributed by atoms with van der Waals surface area (Å²) < 4.78 is 0. The van der Waals surface area contributed by atoms with Gasteiger partial charge in [0.2, 0.25) is 0 Å². The third-order valence-electron chi connectivity index (χ3n) is 3.59. The Morgan fingerprint density at radius 1 is 0.810 bits per heavy atom. The van der Waals surface area contributed by atoms with Gasteiger partial charge in [0.15, 0.2) is 0 Å². The molecule has 1 nitrogen and oxygen atoms in total. The van der Waals surface area contributed by atoms with Crippen LogP contribution in [0.15, 0.2) is 60.7 Å². The molecule has 0 bridgehead atoms. The molecule has 1 unspecified atom stereocenters. The van der Waals surface area contributed by atoms with Crippen molar-refractivity contribution in [2.24, 2.45) is 0 Å². The average Bonchev–Trinajstić information content (AvgIpc) is 2.55. The van der Waals surface area contributed by atoms with Gasteiger partial charge in [-0.05, 0) is 44.5 Å². The summed E-state index contributed by atoms with van der Waals surface area (Å²) in [6, 6.07) is 22.1. The van der Waals surface area contributed by atoms with Crippen LogP contribution in [-0.4, -0.2) is 19.0 Å². The maximum atomic E-state index is 2.32. The van der Waals surface area contributed by atoms with Crippen LogP contribution < -0.4 is 0 Å². The van der Waals surface area contributed by atoms with E-state index in [1.165, 1.54) is 24.0 Å². The van der Waals surface area contributed by atoms with Crippen LogP contribution in [0.5, 0.6) is 0 Å². The van der Waals surface area contributed by atoms with E-state index in [1.807, 2.05) is 13.8 Å². The average molecular weight is 283 g/mol. The highest BCUT2D eigenvalue weighted by atomic mass is 15.1. The Morgan fingerprint density at radius 2 is 1.33 bits per heavy atom. The van der Waals surface area contributed by atoms with Crippen LogP contribution in [0.25, 0.3) is 0 Å². The van der Waals surface area contributed by atoms with Gasteiger partial charge in [0.25, 0.3) is 0 Å². The van der Waals surface area contributed by atoms with E-state index in [0.717, 1.165) is 6.42 Å². The van der Waals surface area contributed by atoms with Gasteiger partial charge in [0.05, 0.1) is 0 Å². The largest absolute Gasteiger partial charge is 0.302 e. The van der Waals surface area contributed by atoms with Crippen molar-refractivity contribution in [2.75, 3.05) is 14.1 Å². The van der Waals surface area contributed by atoms with Crippen LogP contribution in [0.2, 0.25) is 0 Å². The number of benzene rings is 2. The predicted octanol–water partition coefficient (Wildman–Crippen LogP) is 5.34. The van der Waals surface area contributed by atoms with Crippen molar-refractivity contribution in [3.63, 3.8) is 0 Å². The fraction of sp³-hybridized carbons (Fsp3) is 0.400. The summed E-state index contributed by atoms with van der Waals surface area (Å²) in [5.41, 5.74) is 2.86. The first-order valence-corrected chi connectivity index (χ1v) is 8.02. The normalized spacial score (nSPS) is 11.7. The lowest BCUT2D eigenvalue weighted by Gasteiger charge is -2.24. The van der Waals surface area contributed by atoms with Crippen molar-refractivity contribution in [3.8, 4) is 0 Å². The first-order valence-electron chi connectivity index (χ1n) is 8.02. The van der Waals surface area contributed by atoms with Crippen molar-refractivity contribution >= 4 is 0 Å². The Hall–Kier alpha value is -1.60.